The lowest BCUT2D eigenvalue weighted by Crippen LogP contribution is -2.22. The summed E-state index contributed by atoms with van der Waals surface area (Å²) in [5.41, 5.74) is 2.83. The van der Waals surface area contributed by atoms with Gasteiger partial charge in [0.15, 0.2) is 0 Å². The van der Waals surface area contributed by atoms with E-state index in [-0.39, 0.29) is 11.8 Å². The standard InChI is InChI=1S/C21H21N3O2/c1-23(2)21(26)18-6-5-7-19(14-18)22-20(25)17-10-8-16(9-11-17)15-24-12-3-4-13-24/h3-14H,15H2,1-2H3,(H,22,25). The number of anilines is 1. The van der Waals surface area contributed by atoms with Crippen LogP contribution in [-0.4, -0.2) is 35.4 Å². The quantitative estimate of drug-likeness (QED) is 0.768. The molecule has 0 saturated carbocycles. The van der Waals surface area contributed by atoms with Crippen molar-refractivity contribution in [2.45, 2.75) is 6.54 Å². The van der Waals surface area contributed by atoms with Gasteiger partial charge in [-0.2, -0.15) is 0 Å². The predicted molar refractivity (Wildman–Crippen MR) is 102 cm³/mol. The van der Waals surface area contributed by atoms with Crippen molar-refractivity contribution in [2.75, 3.05) is 19.4 Å². The van der Waals surface area contributed by atoms with Gasteiger partial charge in [-0.25, -0.2) is 0 Å². The monoisotopic (exact) mass is 347 g/mol. The summed E-state index contributed by atoms with van der Waals surface area (Å²) in [6, 6.07) is 18.4. The van der Waals surface area contributed by atoms with Crippen LogP contribution in [0.4, 0.5) is 5.69 Å². The van der Waals surface area contributed by atoms with Gasteiger partial charge >= 0.3 is 0 Å². The van der Waals surface area contributed by atoms with Crippen LogP contribution in [0.3, 0.4) is 0 Å². The Balaban J connectivity index is 1.68. The molecule has 1 heterocycles. The highest BCUT2D eigenvalue weighted by Gasteiger charge is 2.10. The van der Waals surface area contributed by atoms with E-state index < -0.39 is 0 Å². The van der Waals surface area contributed by atoms with Crippen molar-refractivity contribution >= 4 is 17.5 Å². The molecule has 0 spiro atoms. The summed E-state index contributed by atoms with van der Waals surface area (Å²) in [5, 5.41) is 2.84. The summed E-state index contributed by atoms with van der Waals surface area (Å²) in [4.78, 5) is 26.0. The van der Waals surface area contributed by atoms with Crippen molar-refractivity contribution in [3.63, 3.8) is 0 Å². The van der Waals surface area contributed by atoms with Crippen LogP contribution in [0.5, 0.6) is 0 Å². The smallest absolute Gasteiger partial charge is 0.255 e. The highest BCUT2D eigenvalue weighted by molar-refractivity contribution is 6.05. The van der Waals surface area contributed by atoms with Crippen LogP contribution < -0.4 is 5.32 Å². The van der Waals surface area contributed by atoms with E-state index in [2.05, 4.69) is 9.88 Å². The van der Waals surface area contributed by atoms with Crippen LogP contribution in [0.15, 0.2) is 73.1 Å². The zero-order chi connectivity index (χ0) is 18.5. The second-order valence-electron chi connectivity index (χ2n) is 6.29. The van der Waals surface area contributed by atoms with E-state index in [9.17, 15) is 9.59 Å². The summed E-state index contributed by atoms with van der Waals surface area (Å²) in [7, 11) is 3.39. The van der Waals surface area contributed by atoms with E-state index in [1.807, 2.05) is 48.8 Å². The van der Waals surface area contributed by atoms with Crippen LogP contribution in [0.2, 0.25) is 0 Å². The summed E-state index contributed by atoms with van der Waals surface area (Å²) >= 11 is 0. The van der Waals surface area contributed by atoms with E-state index in [0.29, 0.717) is 16.8 Å². The fourth-order valence-corrected chi connectivity index (χ4v) is 2.64. The summed E-state index contributed by atoms with van der Waals surface area (Å²) in [5.74, 6) is -0.303. The number of rotatable bonds is 5. The second-order valence-corrected chi connectivity index (χ2v) is 6.29. The molecule has 0 atom stereocenters. The molecule has 3 aromatic rings. The van der Waals surface area contributed by atoms with Crippen molar-refractivity contribution in [3.05, 3.63) is 89.7 Å². The minimum Gasteiger partial charge on any atom is -0.350 e. The van der Waals surface area contributed by atoms with Gasteiger partial charge in [0.1, 0.15) is 0 Å². The molecule has 0 saturated heterocycles. The molecule has 0 unspecified atom stereocenters. The molecule has 0 fully saturated rings. The average Bonchev–Trinajstić information content (AvgIpc) is 3.15. The molecule has 5 heteroatoms. The Hall–Kier alpha value is -3.34. The van der Waals surface area contributed by atoms with Crippen LogP contribution in [0, 0.1) is 0 Å². The Morgan fingerprint density at radius 1 is 0.923 bits per heavy atom. The molecular formula is C21H21N3O2. The van der Waals surface area contributed by atoms with Crippen LogP contribution >= 0.6 is 0 Å². The number of hydrogen-bond acceptors (Lipinski definition) is 2. The van der Waals surface area contributed by atoms with Crippen LogP contribution in [0.1, 0.15) is 26.3 Å². The molecule has 0 aliphatic carbocycles. The Labute approximate surface area is 152 Å². The molecule has 3 rings (SSSR count). The molecule has 2 aromatic carbocycles. The molecular weight excluding hydrogens is 326 g/mol. The molecule has 26 heavy (non-hydrogen) atoms. The lowest BCUT2D eigenvalue weighted by molar-refractivity contribution is 0.0827. The maximum atomic E-state index is 12.4. The minimum atomic E-state index is -0.202. The van der Waals surface area contributed by atoms with Crippen molar-refractivity contribution < 1.29 is 9.59 Å². The third kappa shape index (κ3) is 4.19. The second kappa shape index (κ2) is 7.70. The lowest BCUT2D eigenvalue weighted by Gasteiger charge is -2.12. The number of carbonyl (C=O) groups is 2. The SMILES string of the molecule is CN(C)C(=O)c1cccc(NC(=O)c2ccc(Cn3cccc3)cc2)c1. The summed E-state index contributed by atoms with van der Waals surface area (Å²) < 4.78 is 2.07. The molecule has 2 amide bonds. The van der Waals surface area contributed by atoms with Crippen LogP contribution in [-0.2, 0) is 6.54 Å². The number of nitrogens with zero attached hydrogens (tertiary/aromatic N) is 2. The highest BCUT2D eigenvalue weighted by atomic mass is 16.2. The average molecular weight is 347 g/mol. The van der Waals surface area contributed by atoms with E-state index in [1.165, 1.54) is 4.90 Å². The summed E-state index contributed by atoms with van der Waals surface area (Å²) in [6.45, 7) is 0.767. The van der Waals surface area contributed by atoms with Crippen molar-refractivity contribution in [1.82, 2.24) is 9.47 Å². The number of benzene rings is 2. The molecule has 1 aromatic heterocycles. The topological polar surface area (TPSA) is 54.3 Å². The zero-order valence-corrected chi connectivity index (χ0v) is 14.8. The minimum absolute atomic E-state index is 0.101. The Kier molecular flexibility index (Phi) is 5.17. The number of nitrogens with one attached hydrogen (secondary N) is 1. The van der Waals surface area contributed by atoms with Crippen molar-refractivity contribution in [1.29, 1.82) is 0 Å². The lowest BCUT2D eigenvalue weighted by atomic mass is 10.1. The highest BCUT2D eigenvalue weighted by Crippen LogP contribution is 2.14. The van der Waals surface area contributed by atoms with E-state index in [1.54, 1.807) is 38.4 Å². The number of carbonyl (C=O) groups excluding carboxylic acids is 2. The van der Waals surface area contributed by atoms with Crippen molar-refractivity contribution in [2.24, 2.45) is 0 Å². The number of amides is 2. The van der Waals surface area contributed by atoms with E-state index in [4.69, 9.17) is 0 Å². The normalized spacial score (nSPS) is 10.4. The molecule has 0 bridgehead atoms. The van der Waals surface area contributed by atoms with Gasteiger partial charge in [-0.3, -0.25) is 9.59 Å². The first-order valence-corrected chi connectivity index (χ1v) is 8.36. The van der Waals surface area contributed by atoms with Gasteiger partial charge in [0.05, 0.1) is 0 Å². The third-order valence-corrected chi connectivity index (χ3v) is 4.02. The Morgan fingerprint density at radius 2 is 1.62 bits per heavy atom. The molecule has 0 aliphatic heterocycles. The van der Waals surface area contributed by atoms with Gasteiger partial charge < -0.3 is 14.8 Å². The molecule has 0 radical (unpaired) electrons. The molecule has 0 aliphatic rings. The maximum absolute atomic E-state index is 12.4. The van der Waals surface area contributed by atoms with E-state index in [0.717, 1.165) is 12.1 Å². The number of hydrogen-bond donors (Lipinski definition) is 1. The van der Waals surface area contributed by atoms with Gasteiger partial charge in [0.2, 0.25) is 0 Å². The number of aromatic nitrogens is 1. The molecule has 132 valence electrons. The first-order valence-electron chi connectivity index (χ1n) is 8.36. The summed E-state index contributed by atoms with van der Waals surface area (Å²) in [6.07, 6.45) is 4.01. The van der Waals surface area contributed by atoms with Gasteiger partial charge in [-0.15, -0.1) is 0 Å². The fourth-order valence-electron chi connectivity index (χ4n) is 2.64. The third-order valence-electron chi connectivity index (χ3n) is 4.02. The largest absolute Gasteiger partial charge is 0.350 e. The van der Waals surface area contributed by atoms with Gasteiger partial charge in [-0.1, -0.05) is 18.2 Å². The van der Waals surface area contributed by atoms with Gasteiger partial charge in [-0.05, 0) is 48.0 Å². The van der Waals surface area contributed by atoms with Crippen LogP contribution in [0.25, 0.3) is 0 Å². The van der Waals surface area contributed by atoms with Gasteiger partial charge in [0, 0.05) is 49.8 Å². The first-order chi connectivity index (χ1) is 12.5. The van der Waals surface area contributed by atoms with E-state index >= 15 is 0 Å². The maximum Gasteiger partial charge on any atom is 0.255 e. The van der Waals surface area contributed by atoms with Crippen molar-refractivity contribution in [3.8, 4) is 0 Å². The molecule has 5 nitrogen and oxygen atoms in total. The zero-order valence-electron chi connectivity index (χ0n) is 14.8. The Bertz CT molecular complexity index is 897. The predicted octanol–water partition coefficient (Wildman–Crippen LogP) is 3.49. The Morgan fingerprint density at radius 3 is 2.27 bits per heavy atom. The first kappa shape index (κ1) is 17.5. The fraction of sp³-hybridized carbons (Fsp3) is 0.143. The van der Waals surface area contributed by atoms with Gasteiger partial charge in [0.25, 0.3) is 11.8 Å². The molecule has 1 N–H and O–H groups in total.